The van der Waals surface area contributed by atoms with Crippen LogP contribution in [0.15, 0.2) is 36.9 Å². The van der Waals surface area contributed by atoms with E-state index in [9.17, 15) is 9.50 Å². The van der Waals surface area contributed by atoms with Crippen molar-refractivity contribution in [3.63, 3.8) is 0 Å². The number of nitrogens with zero attached hydrogens (tertiary/aromatic N) is 4. The van der Waals surface area contributed by atoms with E-state index in [2.05, 4.69) is 20.5 Å². The van der Waals surface area contributed by atoms with E-state index in [-0.39, 0.29) is 11.7 Å². The molecule has 1 unspecified atom stereocenters. The SMILES string of the molecule is C[C@]12CC(CN1)[C@@H](Oc1nnc(-c3ccc(-n4ccnc4)cc3O)s1)[C@@H]2F. The molecular formula is C18H18FN5O2S. The number of fused-ring (bicyclic) bond motifs is 2. The van der Waals surface area contributed by atoms with Crippen LogP contribution in [-0.2, 0) is 0 Å². The number of alkyl halides is 1. The molecule has 1 saturated heterocycles. The highest BCUT2D eigenvalue weighted by Gasteiger charge is 2.57. The van der Waals surface area contributed by atoms with Gasteiger partial charge in [-0.15, -0.1) is 5.10 Å². The second-order valence-electron chi connectivity index (χ2n) is 7.29. The molecule has 1 aliphatic heterocycles. The Morgan fingerprint density at radius 1 is 1.41 bits per heavy atom. The number of rotatable bonds is 4. The first-order valence-electron chi connectivity index (χ1n) is 8.74. The first kappa shape index (κ1) is 16.6. The Bertz CT molecular complexity index is 978. The zero-order valence-corrected chi connectivity index (χ0v) is 15.4. The Labute approximate surface area is 158 Å². The first-order valence-corrected chi connectivity index (χ1v) is 9.56. The van der Waals surface area contributed by atoms with Crippen LogP contribution >= 0.6 is 11.3 Å². The Kier molecular flexibility index (Phi) is 3.70. The van der Waals surface area contributed by atoms with Gasteiger partial charge in [-0.2, -0.15) is 0 Å². The van der Waals surface area contributed by atoms with Gasteiger partial charge in [0.15, 0.2) is 11.2 Å². The Balaban J connectivity index is 1.37. The van der Waals surface area contributed by atoms with E-state index < -0.39 is 17.8 Å². The summed E-state index contributed by atoms with van der Waals surface area (Å²) in [6, 6.07) is 5.27. The van der Waals surface area contributed by atoms with Gasteiger partial charge in [-0.1, -0.05) is 16.4 Å². The van der Waals surface area contributed by atoms with Crippen LogP contribution < -0.4 is 10.1 Å². The number of hydrogen-bond acceptors (Lipinski definition) is 7. The molecule has 1 aromatic carbocycles. The van der Waals surface area contributed by atoms with Crippen LogP contribution in [0, 0.1) is 5.92 Å². The Morgan fingerprint density at radius 3 is 3.00 bits per heavy atom. The van der Waals surface area contributed by atoms with E-state index >= 15 is 0 Å². The fourth-order valence-electron chi connectivity index (χ4n) is 4.01. The molecule has 2 aliphatic rings. The van der Waals surface area contributed by atoms with Gasteiger partial charge in [-0.05, 0) is 25.5 Å². The predicted molar refractivity (Wildman–Crippen MR) is 98.0 cm³/mol. The number of halogens is 1. The number of ether oxygens (including phenoxy) is 1. The summed E-state index contributed by atoms with van der Waals surface area (Å²) in [5, 5.41) is 22.6. The summed E-state index contributed by atoms with van der Waals surface area (Å²) in [5.74, 6) is 0.226. The molecule has 27 heavy (non-hydrogen) atoms. The minimum Gasteiger partial charge on any atom is -0.507 e. The molecule has 7 nitrogen and oxygen atoms in total. The molecule has 3 heterocycles. The van der Waals surface area contributed by atoms with Gasteiger partial charge < -0.3 is 19.7 Å². The van der Waals surface area contributed by atoms with Crippen LogP contribution in [0.25, 0.3) is 16.3 Å². The molecule has 5 rings (SSSR count). The molecule has 9 heteroatoms. The highest BCUT2D eigenvalue weighted by molar-refractivity contribution is 7.16. The molecule has 2 N–H and O–H groups in total. The van der Waals surface area contributed by atoms with Crippen molar-refractivity contribution in [2.75, 3.05) is 6.54 Å². The molecule has 3 aromatic rings. The van der Waals surface area contributed by atoms with Gasteiger partial charge in [0.1, 0.15) is 11.9 Å². The van der Waals surface area contributed by atoms with Crippen molar-refractivity contribution in [3.8, 4) is 27.2 Å². The van der Waals surface area contributed by atoms with Crippen LogP contribution in [-0.4, -0.2) is 49.2 Å². The van der Waals surface area contributed by atoms with Crippen molar-refractivity contribution in [1.29, 1.82) is 0 Å². The number of aromatic nitrogens is 4. The number of piperidine rings is 1. The smallest absolute Gasteiger partial charge is 0.294 e. The third-order valence-electron chi connectivity index (χ3n) is 5.47. The summed E-state index contributed by atoms with van der Waals surface area (Å²) in [4.78, 5) is 4.00. The van der Waals surface area contributed by atoms with Gasteiger partial charge in [-0.3, -0.25) is 0 Å². The second-order valence-corrected chi connectivity index (χ2v) is 8.23. The maximum absolute atomic E-state index is 14.6. The number of benzene rings is 1. The van der Waals surface area contributed by atoms with Crippen molar-refractivity contribution >= 4 is 11.3 Å². The van der Waals surface area contributed by atoms with Crippen molar-refractivity contribution in [2.45, 2.75) is 31.2 Å². The molecule has 2 bridgehead atoms. The quantitative estimate of drug-likeness (QED) is 0.716. The van der Waals surface area contributed by atoms with Crippen molar-refractivity contribution in [1.82, 2.24) is 25.1 Å². The van der Waals surface area contributed by atoms with Crippen molar-refractivity contribution in [3.05, 3.63) is 36.9 Å². The number of aromatic hydroxyl groups is 1. The van der Waals surface area contributed by atoms with Crippen LogP contribution in [0.2, 0.25) is 0 Å². The fourth-order valence-corrected chi connectivity index (χ4v) is 4.78. The van der Waals surface area contributed by atoms with Gasteiger partial charge in [0.2, 0.25) is 0 Å². The summed E-state index contributed by atoms with van der Waals surface area (Å²) in [5.41, 5.74) is 0.840. The van der Waals surface area contributed by atoms with E-state index in [4.69, 9.17) is 4.74 Å². The van der Waals surface area contributed by atoms with Crippen LogP contribution in [0.5, 0.6) is 10.9 Å². The fraction of sp³-hybridized carbons (Fsp3) is 0.389. The topological polar surface area (TPSA) is 85.1 Å². The third-order valence-corrected chi connectivity index (χ3v) is 6.32. The van der Waals surface area contributed by atoms with E-state index in [0.29, 0.717) is 15.8 Å². The van der Waals surface area contributed by atoms with Crippen LogP contribution in [0.1, 0.15) is 13.3 Å². The summed E-state index contributed by atoms with van der Waals surface area (Å²) in [7, 11) is 0. The zero-order valence-electron chi connectivity index (χ0n) is 14.5. The van der Waals surface area contributed by atoms with E-state index in [1.807, 2.05) is 13.0 Å². The van der Waals surface area contributed by atoms with Gasteiger partial charge >= 0.3 is 0 Å². The van der Waals surface area contributed by atoms with Crippen molar-refractivity contribution < 1.29 is 14.2 Å². The van der Waals surface area contributed by atoms with Crippen LogP contribution in [0.3, 0.4) is 0 Å². The minimum atomic E-state index is -1.08. The molecule has 1 aliphatic carbocycles. The maximum Gasteiger partial charge on any atom is 0.294 e. The lowest BCUT2D eigenvalue weighted by Crippen LogP contribution is -2.53. The number of imidazole rings is 1. The molecule has 2 fully saturated rings. The number of hydrogen-bond donors (Lipinski definition) is 2. The number of nitrogens with one attached hydrogen (secondary N) is 1. The Hall–Kier alpha value is -2.52. The average Bonchev–Trinajstić information content (AvgIpc) is 3.42. The highest BCUT2D eigenvalue weighted by atomic mass is 32.1. The molecular weight excluding hydrogens is 369 g/mol. The van der Waals surface area contributed by atoms with Crippen molar-refractivity contribution in [2.24, 2.45) is 5.92 Å². The minimum absolute atomic E-state index is 0.0869. The van der Waals surface area contributed by atoms with E-state index in [1.165, 1.54) is 11.3 Å². The molecule has 0 amide bonds. The second kappa shape index (κ2) is 6.00. The number of phenols is 1. The largest absolute Gasteiger partial charge is 0.507 e. The van der Waals surface area contributed by atoms with E-state index in [0.717, 1.165) is 18.7 Å². The first-order chi connectivity index (χ1) is 13.0. The normalized spacial score (nSPS) is 29.3. The average molecular weight is 387 g/mol. The lowest BCUT2D eigenvalue weighted by Gasteiger charge is -2.31. The zero-order chi connectivity index (χ0) is 18.6. The lowest BCUT2D eigenvalue weighted by atomic mass is 9.99. The third kappa shape index (κ3) is 2.69. The maximum atomic E-state index is 14.6. The summed E-state index contributed by atoms with van der Waals surface area (Å²) in [6.45, 7) is 2.65. The molecule has 2 aromatic heterocycles. The monoisotopic (exact) mass is 387 g/mol. The molecule has 1 saturated carbocycles. The predicted octanol–water partition coefficient (Wildman–Crippen LogP) is 2.56. The summed E-state index contributed by atoms with van der Waals surface area (Å²) < 4.78 is 22.3. The molecule has 4 atom stereocenters. The number of phenolic OH excluding ortho intramolecular Hbond substituents is 1. The standard InChI is InChI=1S/C18H18FN5O2S/c1-18-7-10(8-21-18)14(15(18)19)26-17-23-22-16(27-17)12-3-2-11(6-13(12)25)24-5-4-20-9-24/h2-6,9-10,14-15,21,25H,7-8H2,1H3/t10?,14-,15+,18-/m1/s1. The summed E-state index contributed by atoms with van der Waals surface area (Å²) in [6.07, 6.45) is 4.30. The molecule has 140 valence electrons. The lowest BCUT2D eigenvalue weighted by molar-refractivity contribution is 0.0438. The Morgan fingerprint density at radius 2 is 2.30 bits per heavy atom. The van der Waals surface area contributed by atoms with Crippen LogP contribution in [0.4, 0.5) is 4.39 Å². The molecule has 0 spiro atoms. The highest BCUT2D eigenvalue weighted by Crippen LogP contribution is 2.44. The summed E-state index contributed by atoms with van der Waals surface area (Å²) >= 11 is 1.21. The molecule has 0 radical (unpaired) electrons. The van der Waals surface area contributed by atoms with Gasteiger partial charge in [0, 0.05) is 30.9 Å². The van der Waals surface area contributed by atoms with Gasteiger partial charge in [-0.25, -0.2) is 9.37 Å². The van der Waals surface area contributed by atoms with Gasteiger partial charge in [0.05, 0.1) is 23.1 Å². The van der Waals surface area contributed by atoms with E-state index in [1.54, 1.807) is 35.4 Å². The van der Waals surface area contributed by atoms with Gasteiger partial charge in [0.25, 0.3) is 5.19 Å².